The van der Waals surface area contributed by atoms with Gasteiger partial charge in [-0.3, -0.25) is 4.99 Å². The molecule has 1 fully saturated rings. The minimum Gasteiger partial charge on any atom is -0.495 e. The number of nitrogens with one attached hydrogen (secondary N) is 1. The van der Waals surface area contributed by atoms with Crippen molar-refractivity contribution < 1.29 is 9.47 Å². The zero-order valence-electron chi connectivity index (χ0n) is 11.3. The van der Waals surface area contributed by atoms with Crippen molar-refractivity contribution >= 4 is 34.2 Å². The molecule has 1 aromatic carbocycles. The van der Waals surface area contributed by atoms with Crippen LogP contribution in [0.5, 0.6) is 5.75 Å². The average Bonchev–Trinajstić information content (AvgIpc) is 2.84. The molecule has 0 amide bonds. The van der Waals surface area contributed by atoms with Crippen molar-refractivity contribution in [2.24, 2.45) is 4.99 Å². The van der Waals surface area contributed by atoms with Gasteiger partial charge in [0.15, 0.2) is 5.17 Å². The molecule has 1 saturated heterocycles. The second-order valence-corrected chi connectivity index (χ2v) is 6.39. The minimum atomic E-state index is 0.0712. The van der Waals surface area contributed by atoms with E-state index < -0.39 is 0 Å². The fourth-order valence-electron chi connectivity index (χ4n) is 2.42. The van der Waals surface area contributed by atoms with Crippen molar-refractivity contribution in [3.63, 3.8) is 0 Å². The van der Waals surface area contributed by atoms with Gasteiger partial charge in [0.05, 0.1) is 17.7 Å². The SMILES string of the molecule is COc1cc(NC2=NC3(CCOCC3)CS2)ccc1Cl. The summed E-state index contributed by atoms with van der Waals surface area (Å²) in [7, 11) is 1.61. The first-order chi connectivity index (χ1) is 9.71. The maximum Gasteiger partial charge on any atom is 0.161 e. The Kier molecular flexibility index (Phi) is 4.10. The number of methoxy groups -OCH3 is 1. The molecule has 0 aromatic heterocycles. The van der Waals surface area contributed by atoms with Crippen LogP contribution >= 0.6 is 23.4 Å². The Labute approximate surface area is 127 Å². The molecule has 108 valence electrons. The van der Waals surface area contributed by atoms with Gasteiger partial charge < -0.3 is 14.8 Å². The van der Waals surface area contributed by atoms with Gasteiger partial charge >= 0.3 is 0 Å². The van der Waals surface area contributed by atoms with E-state index in [-0.39, 0.29) is 5.54 Å². The first kappa shape index (κ1) is 14.0. The summed E-state index contributed by atoms with van der Waals surface area (Å²) in [6.07, 6.45) is 2.02. The van der Waals surface area contributed by atoms with Gasteiger partial charge in [-0.1, -0.05) is 23.4 Å². The van der Waals surface area contributed by atoms with Crippen LogP contribution in [0.25, 0.3) is 0 Å². The minimum absolute atomic E-state index is 0.0712. The number of benzene rings is 1. The Bertz CT molecular complexity index is 530. The Morgan fingerprint density at radius 1 is 1.40 bits per heavy atom. The smallest absolute Gasteiger partial charge is 0.161 e. The Morgan fingerprint density at radius 2 is 2.20 bits per heavy atom. The number of halogens is 1. The van der Waals surface area contributed by atoms with E-state index in [0.717, 1.165) is 42.7 Å². The molecule has 1 N–H and O–H groups in total. The van der Waals surface area contributed by atoms with Crippen molar-refractivity contribution in [3.8, 4) is 5.75 Å². The maximum atomic E-state index is 6.03. The summed E-state index contributed by atoms with van der Waals surface area (Å²) in [6, 6.07) is 5.65. The molecule has 2 heterocycles. The van der Waals surface area contributed by atoms with Crippen LogP contribution in [0.4, 0.5) is 5.69 Å². The standard InChI is InChI=1S/C14H17ClN2O2S/c1-18-12-8-10(2-3-11(12)15)16-13-17-14(9-20-13)4-6-19-7-5-14/h2-3,8H,4-7,9H2,1H3,(H,16,17). The lowest BCUT2D eigenvalue weighted by Gasteiger charge is -2.29. The average molecular weight is 313 g/mol. The summed E-state index contributed by atoms with van der Waals surface area (Å²) >= 11 is 7.80. The maximum absolute atomic E-state index is 6.03. The number of amidine groups is 1. The number of thioether (sulfide) groups is 1. The lowest BCUT2D eigenvalue weighted by Crippen LogP contribution is -2.34. The number of ether oxygens (including phenoxy) is 2. The summed E-state index contributed by atoms with van der Waals surface area (Å²) in [5.41, 5.74) is 1.02. The Balaban J connectivity index is 1.73. The van der Waals surface area contributed by atoms with Gasteiger partial charge in [0.25, 0.3) is 0 Å². The molecule has 1 aromatic rings. The second-order valence-electron chi connectivity index (χ2n) is 5.02. The van der Waals surface area contributed by atoms with E-state index in [1.165, 1.54) is 0 Å². The molecule has 0 radical (unpaired) electrons. The van der Waals surface area contributed by atoms with Crippen LogP contribution in [0, 0.1) is 0 Å². The number of anilines is 1. The first-order valence-electron chi connectivity index (χ1n) is 6.62. The quantitative estimate of drug-likeness (QED) is 0.908. The molecule has 0 bridgehead atoms. The molecule has 0 saturated carbocycles. The van der Waals surface area contributed by atoms with Gasteiger partial charge in [0, 0.05) is 30.7 Å². The summed E-state index contributed by atoms with van der Waals surface area (Å²) in [6.45, 7) is 1.62. The van der Waals surface area contributed by atoms with Crippen molar-refractivity contribution in [1.82, 2.24) is 0 Å². The third kappa shape index (κ3) is 2.90. The third-order valence-electron chi connectivity index (χ3n) is 3.64. The molecule has 6 heteroatoms. The van der Waals surface area contributed by atoms with E-state index in [4.69, 9.17) is 26.1 Å². The second kappa shape index (κ2) is 5.84. The molecule has 20 heavy (non-hydrogen) atoms. The normalized spacial score (nSPS) is 20.8. The molecule has 0 atom stereocenters. The van der Waals surface area contributed by atoms with Gasteiger partial charge in [-0.25, -0.2) is 0 Å². The van der Waals surface area contributed by atoms with E-state index in [9.17, 15) is 0 Å². The third-order valence-corrected chi connectivity index (χ3v) is 5.10. The highest BCUT2D eigenvalue weighted by Gasteiger charge is 2.37. The van der Waals surface area contributed by atoms with Gasteiger partial charge in [-0.15, -0.1) is 0 Å². The largest absolute Gasteiger partial charge is 0.495 e. The van der Waals surface area contributed by atoms with Gasteiger partial charge in [0.1, 0.15) is 5.75 Å². The fourth-order valence-corrected chi connectivity index (χ4v) is 3.82. The molecular weight excluding hydrogens is 296 g/mol. The van der Waals surface area contributed by atoms with Crippen LogP contribution in [0.3, 0.4) is 0 Å². The number of aliphatic imine (C=N–C) groups is 1. The Hall–Kier alpha value is -0.910. The lowest BCUT2D eigenvalue weighted by molar-refractivity contribution is 0.0624. The van der Waals surface area contributed by atoms with Gasteiger partial charge in [-0.2, -0.15) is 0 Å². The van der Waals surface area contributed by atoms with Crippen molar-refractivity contribution in [2.45, 2.75) is 18.4 Å². The molecule has 2 aliphatic heterocycles. The van der Waals surface area contributed by atoms with E-state index in [1.807, 2.05) is 18.2 Å². The van der Waals surface area contributed by atoms with Crippen molar-refractivity contribution in [3.05, 3.63) is 23.2 Å². The van der Waals surface area contributed by atoms with E-state index in [0.29, 0.717) is 10.8 Å². The van der Waals surface area contributed by atoms with E-state index in [2.05, 4.69) is 5.32 Å². The predicted octanol–water partition coefficient (Wildman–Crippen LogP) is 3.41. The molecule has 0 aliphatic carbocycles. The zero-order valence-corrected chi connectivity index (χ0v) is 12.9. The van der Waals surface area contributed by atoms with E-state index >= 15 is 0 Å². The molecule has 1 spiro atoms. The van der Waals surface area contributed by atoms with Crippen molar-refractivity contribution in [2.75, 3.05) is 31.4 Å². The highest BCUT2D eigenvalue weighted by Crippen LogP contribution is 2.36. The predicted molar refractivity (Wildman–Crippen MR) is 84.3 cm³/mol. The lowest BCUT2D eigenvalue weighted by atomic mass is 9.93. The zero-order chi connectivity index (χ0) is 14.0. The number of nitrogens with zero attached hydrogens (tertiary/aromatic N) is 1. The van der Waals surface area contributed by atoms with Gasteiger partial charge in [0.2, 0.25) is 0 Å². The Morgan fingerprint density at radius 3 is 2.95 bits per heavy atom. The first-order valence-corrected chi connectivity index (χ1v) is 7.98. The van der Waals surface area contributed by atoms with Gasteiger partial charge in [-0.05, 0) is 25.0 Å². The van der Waals surface area contributed by atoms with Crippen LogP contribution in [-0.2, 0) is 4.74 Å². The molecule has 4 nitrogen and oxygen atoms in total. The van der Waals surface area contributed by atoms with Crippen LogP contribution in [0.1, 0.15) is 12.8 Å². The topological polar surface area (TPSA) is 42.8 Å². The molecule has 3 rings (SSSR count). The summed E-state index contributed by atoms with van der Waals surface area (Å²) in [4.78, 5) is 4.87. The molecule has 2 aliphatic rings. The molecular formula is C14H17ClN2O2S. The highest BCUT2D eigenvalue weighted by atomic mass is 35.5. The fraction of sp³-hybridized carbons (Fsp3) is 0.500. The van der Waals surface area contributed by atoms with Crippen LogP contribution in [0.15, 0.2) is 23.2 Å². The van der Waals surface area contributed by atoms with Crippen LogP contribution in [-0.4, -0.2) is 36.8 Å². The monoisotopic (exact) mass is 312 g/mol. The summed E-state index contributed by atoms with van der Waals surface area (Å²) < 4.78 is 10.6. The van der Waals surface area contributed by atoms with Crippen LogP contribution < -0.4 is 10.1 Å². The number of rotatable bonds is 2. The summed E-state index contributed by atoms with van der Waals surface area (Å²) in [5, 5.41) is 4.93. The molecule has 0 unspecified atom stereocenters. The number of hydrogen-bond donors (Lipinski definition) is 1. The number of hydrogen-bond acceptors (Lipinski definition) is 5. The van der Waals surface area contributed by atoms with E-state index in [1.54, 1.807) is 18.9 Å². The highest BCUT2D eigenvalue weighted by molar-refractivity contribution is 8.14. The van der Waals surface area contributed by atoms with Crippen LogP contribution in [0.2, 0.25) is 5.02 Å². The van der Waals surface area contributed by atoms with Crippen molar-refractivity contribution in [1.29, 1.82) is 0 Å². The summed E-state index contributed by atoms with van der Waals surface area (Å²) in [5.74, 6) is 1.70.